The summed E-state index contributed by atoms with van der Waals surface area (Å²) in [6.07, 6.45) is 2.96. The topological polar surface area (TPSA) is 102 Å². The average molecular weight is 445 g/mol. The van der Waals surface area contributed by atoms with Crippen molar-refractivity contribution in [1.82, 2.24) is 24.8 Å². The van der Waals surface area contributed by atoms with Crippen molar-refractivity contribution in [3.8, 4) is 10.6 Å². The molecule has 1 aliphatic heterocycles. The number of anilines is 4. The minimum Gasteiger partial charge on any atom is -0.395 e. The molecule has 4 heterocycles. The van der Waals surface area contributed by atoms with Crippen LogP contribution in [0, 0.1) is 12.7 Å². The molecule has 31 heavy (non-hydrogen) atoms. The van der Waals surface area contributed by atoms with Crippen LogP contribution in [0.4, 0.5) is 27.0 Å². The van der Waals surface area contributed by atoms with Gasteiger partial charge in [-0.3, -0.25) is 4.90 Å². The number of thiazole rings is 1. The number of pyridine rings is 1. The Kier molecular flexibility index (Phi) is 6.54. The van der Waals surface area contributed by atoms with Crippen LogP contribution >= 0.6 is 11.3 Å². The van der Waals surface area contributed by atoms with Crippen LogP contribution in [0.15, 0.2) is 24.5 Å². The van der Waals surface area contributed by atoms with E-state index in [0.29, 0.717) is 28.1 Å². The van der Waals surface area contributed by atoms with Gasteiger partial charge in [0.25, 0.3) is 0 Å². The molecule has 0 radical (unpaired) electrons. The van der Waals surface area contributed by atoms with Gasteiger partial charge >= 0.3 is 0 Å². The molecule has 3 aromatic heterocycles. The number of aliphatic hydroxyl groups is 1. The van der Waals surface area contributed by atoms with Gasteiger partial charge in [-0.2, -0.15) is 0 Å². The fourth-order valence-corrected chi connectivity index (χ4v) is 4.35. The van der Waals surface area contributed by atoms with Crippen LogP contribution in [0.1, 0.15) is 5.69 Å². The first-order chi connectivity index (χ1) is 15.1. The molecule has 1 aliphatic rings. The van der Waals surface area contributed by atoms with E-state index in [9.17, 15) is 4.39 Å². The van der Waals surface area contributed by atoms with Crippen molar-refractivity contribution in [3.63, 3.8) is 0 Å². The smallest absolute Gasteiger partial charge is 0.229 e. The quantitative estimate of drug-likeness (QED) is 0.507. The highest BCUT2D eigenvalue weighted by molar-refractivity contribution is 7.19. The van der Waals surface area contributed by atoms with Gasteiger partial charge in [0.05, 0.1) is 35.3 Å². The molecule has 0 bridgehead atoms. The average Bonchev–Trinajstić information content (AvgIpc) is 3.17. The summed E-state index contributed by atoms with van der Waals surface area (Å²) in [5.41, 5.74) is 1.96. The highest BCUT2D eigenvalue weighted by atomic mass is 32.1. The summed E-state index contributed by atoms with van der Waals surface area (Å²) in [6.45, 7) is 6.34. The van der Waals surface area contributed by atoms with Gasteiger partial charge < -0.3 is 20.6 Å². The van der Waals surface area contributed by atoms with Crippen LogP contribution in [-0.4, -0.2) is 76.3 Å². The standard InChI is InChI=1S/C20H25FN8OS/c1-13-18(31-20(22-2)25-13)17-15(21)12-24-19(27-17)26-16-4-3-14(11-23-16)29-7-5-28(6-8-29)9-10-30/h3-4,11-12,30H,5-10H2,1-2H3,(H,22,25)(H,23,24,26,27). The molecule has 0 spiro atoms. The third-order valence-corrected chi connectivity index (χ3v) is 6.29. The highest BCUT2D eigenvalue weighted by Crippen LogP contribution is 2.33. The van der Waals surface area contributed by atoms with Crippen LogP contribution in [0.3, 0.4) is 0 Å². The number of halogens is 1. The SMILES string of the molecule is CNc1nc(C)c(-c2nc(Nc3ccc(N4CCN(CCO)CC4)cn3)ncc2F)s1. The molecule has 1 fully saturated rings. The maximum Gasteiger partial charge on any atom is 0.229 e. The Labute approximate surface area is 184 Å². The minimum absolute atomic E-state index is 0.189. The first-order valence-electron chi connectivity index (χ1n) is 10.1. The van der Waals surface area contributed by atoms with E-state index in [-0.39, 0.29) is 18.2 Å². The van der Waals surface area contributed by atoms with Crippen molar-refractivity contribution in [3.05, 3.63) is 36.0 Å². The zero-order valence-electron chi connectivity index (χ0n) is 17.5. The monoisotopic (exact) mass is 444 g/mol. The van der Waals surface area contributed by atoms with Gasteiger partial charge in [-0.05, 0) is 19.1 Å². The second-order valence-corrected chi connectivity index (χ2v) is 8.15. The first kappa shape index (κ1) is 21.3. The van der Waals surface area contributed by atoms with Crippen molar-refractivity contribution in [2.75, 3.05) is 61.9 Å². The zero-order valence-corrected chi connectivity index (χ0v) is 18.3. The number of aromatic nitrogens is 4. The molecular formula is C20H25FN8OS. The Morgan fingerprint density at radius 1 is 1.13 bits per heavy atom. The molecule has 0 aliphatic carbocycles. The molecule has 0 atom stereocenters. The third kappa shape index (κ3) is 4.89. The Balaban J connectivity index is 1.45. The Bertz CT molecular complexity index is 1020. The molecular weight excluding hydrogens is 419 g/mol. The number of rotatable bonds is 7. The van der Waals surface area contributed by atoms with Crippen molar-refractivity contribution in [1.29, 1.82) is 0 Å². The van der Waals surface area contributed by atoms with E-state index in [1.54, 1.807) is 13.2 Å². The summed E-state index contributed by atoms with van der Waals surface area (Å²) < 4.78 is 14.4. The van der Waals surface area contributed by atoms with Crippen LogP contribution in [0.5, 0.6) is 0 Å². The maximum absolute atomic E-state index is 14.4. The molecule has 9 nitrogen and oxygen atoms in total. The number of β-amino-alcohol motifs (C(OH)–C–C–N with tert-alkyl or cyclic N) is 1. The van der Waals surface area contributed by atoms with Crippen LogP contribution < -0.4 is 15.5 Å². The number of nitrogens with one attached hydrogen (secondary N) is 2. The lowest BCUT2D eigenvalue weighted by Crippen LogP contribution is -2.47. The van der Waals surface area contributed by atoms with E-state index in [2.05, 4.69) is 40.4 Å². The predicted octanol–water partition coefficient (Wildman–Crippen LogP) is 2.34. The zero-order chi connectivity index (χ0) is 21.8. The van der Waals surface area contributed by atoms with E-state index in [0.717, 1.165) is 38.1 Å². The minimum atomic E-state index is -0.497. The summed E-state index contributed by atoms with van der Waals surface area (Å²) >= 11 is 1.34. The summed E-state index contributed by atoms with van der Waals surface area (Å²) in [4.78, 5) is 22.4. The molecule has 0 amide bonds. The van der Waals surface area contributed by atoms with E-state index in [1.165, 1.54) is 11.3 Å². The summed E-state index contributed by atoms with van der Waals surface area (Å²) in [6, 6.07) is 3.85. The lowest BCUT2D eigenvalue weighted by atomic mass is 10.2. The number of nitrogens with zero attached hydrogens (tertiary/aromatic N) is 6. The number of hydrogen-bond acceptors (Lipinski definition) is 10. The van der Waals surface area contributed by atoms with Crippen molar-refractivity contribution in [2.45, 2.75) is 6.92 Å². The van der Waals surface area contributed by atoms with Gasteiger partial charge in [0.1, 0.15) is 11.5 Å². The van der Waals surface area contributed by atoms with Crippen LogP contribution in [0.2, 0.25) is 0 Å². The van der Waals surface area contributed by atoms with Crippen molar-refractivity contribution >= 4 is 33.9 Å². The molecule has 4 rings (SSSR count). The lowest BCUT2D eigenvalue weighted by Gasteiger charge is -2.35. The molecule has 3 N–H and O–H groups in total. The molecule has 1 saturated heterocycles. The van der Waals surface area contributed by atoms with Gasteiger partial charge in [-0.15, -0.1) is 0 Å². The second kappa shape index (κ2) is 9.50. The van der Waals surface area contributed by atoms with Crippen molar-refractivity contribution in [2.24, 2.45) is 0 Å². The van der Waals surface area contributed by atoms with Crippen LogP contribution in [-0.2, 0) is 0 Å². The number of hydrogen-bond donors (Lipinski definition) is 3. The van der Waals surface area contributed by atoms with Crippen LogP contribution in [0.25, 0.3) is 10.6 Å². The van der Waals surface area contributed by atoms with E-state index >= 15 is 0 Å². The van der Waals surface area contributed by atoms with E-state index in [4.69, 9.17) is 5.11 Å². The molecule has 0 aromatic carbocycles. The molecule has 0 unspecified atom stereocenters. The van der Waals surface area contributed by atoms with Crippen molar-refractivity contribution < 1.29 is 9.50 Å². The summed E-state index contributed by atoms with van der Waals surface area (Å²) in [7, 11) is 1.77. The lowest BCUT2D eigenvalue weighted by molar-refractivity contribution is 0.189. The van der Waals surface area contributed by atoms with Gasteiger partial charge in [0, 0.05) is 39.8 Å². The second-order valence-electron chi connectivity index (χ2n) is 7.15. The largest absolute Gasteiger partial charge is 0.395 e. The Morgan fingerprint density at radius 2 is 1.94 bits per heavy atom. The fourth-order valence-electron chi connectivity index (χ4n) is 3.44. The number of aryl methyl sites for hydroxylation is 1. The fraction of sp³-hybridized carbons (Fsp3) is 0.400. The van der Waals surface area contributed by atoms with Gasteiger partial charge in [0.15, 0.2) is 10.9 Å². The summed E-state index contributed by atoms with van der Waals surface area (Å²) in [5, 5.41) is 15.8. The summed E-state index contributed by atoms with van der Waals surface area (Å²) in [5.74, 6) is 0.355. The third-order valence-electron chi connectivity index (χ3n) is 5.11. The Morgan fingerprint density at radius 3 is 2.58 bits per heavy atom. The molecule has 3 aromatic rings. The maximum atomic E-state index is 14.4. The van der Waals surface area contributed by atoms with E-state index in [1.807, 2.05) is 19.1 Å². The number of aliphatic hydroxyl groups excluding tert-OH is 1. The van der Waals surface area contributed by atoms with Gasteiger partial charge in [0.2, 0.25) is 5.95 Å². The molecule has 164 valence electrons. The van der Waals surface area contributed by atoms with Gasteiger partial charge in [-0.1, -0.05) is 11.3 Å². The molecule has 11 heteroatoms. The van der Waals surface area contributed by atoms with E-state index < -0.39 is 5.82 Å². The normalized spacial score (nSPS) is 14.6. The molecule has 0 saturated carbocycles. The predicted molar refractivity (Wildman–Crippen MR) is 121 cm³/mol. The first-order valence-corrected chi connectivity index (χ1v) is 10.9. The number of piperazine rings is 1. The van der Waals surface area contributed by atoms with Gasteiger partial charge in [-0.25, -0.2) is 24.3 Å². The Hall–Kier alpha value is -2.89. The highest BCUT2D eigenvalue weighted by Gasteiger charge is 2.18.